The molecule has 3 rings (SSSR count). The fraction of sp³-hybridized carbons (Fsp3) is 0.412. The Morgan fingerprint density at radius 2 is 2.12 bits per heavy atom. The summed E-state index contributed by atoms with van der Waals surface area (Å²) in [7, 11) is 0. The van der Waals surface area contributed by atoms with Gasteiger partial charge < -0.3 is 24.0 Å². The minimum atomic E-state index is -0.840. The second-order valence-corrected chi connectivity index (χ2v) is 5.78. The fourth-order valence-electron chi connectivity index (χ4n) is 2.75. The number of amides is 1. The average molecular weight is 368 g/mol. The number of para-hydroxylation sites is 1. The highest BCUT2D eigenvalue weighted by Crippen LogP contribution is 2.22. The third kappa shape index (κ3) is 3.68. The van der Waals surface area contributed by atoms with E-state index in [0.717, 1.165) is 12.1 Å². The van der Waals surface area contributed by atoms with E-state index < -0.39 is 35.4 Å². The molecule has 1 saturated heterocycles. The lowest BCUT2D eigenvalue weighted by Crippen LogP contribution is -2.46. The van der Waals surface area contributed by atoms with Crippen LogP contribution in [0.3, 0.4) is 0 Å². The van der Waals surface area contributed by atoms with Gasteiger partial charge in [-0.05, 0) is 19.1 Å². The van der Waals surface area contributed by atoms with Gasteiger partial charge in [-0.25, -0.2) is 8.78 Å². The molecule has 0 bridgehead atoms. The van der Waals surface area contributed by atoms with Crippen molar-refractivity contribution in [2.24, 2.45) is 0 Å². The molecular weight excluding hydrogens is 350 g/mol. The van der Waals surface area contributed by atoms with Crippen molar-refractivity contribution < 1.29 is 32.7 Å². The van der Waals surface area contributed by atoms with Gasteiger partial charge in [0.2, 0.25) is 0 Å². The van der Waals surface area contributed by atoms with Crippen molar-refractivity contribution in [1.29, 1.82) is 0 Å². The molecule has 1 fully saturated rings. The molecule has 0 saturated carbocycles. The number of carbonyl (C=O) groups excluding carboxylic acids is 1. The molecule has 0 spiro atoms. The van der Waals surface area contributed by atoms with Gasteiger partial charge in [0, 0.05) is 12.6 Å². The zero-order valence-electron chi connectivity index (χ0n) is 14.0. The first-order chi connectivity index (χ1) is 12.5. The fourth-order valence-corrected chi connectivity index (χ4v) is 2.75. The maximum atomic E-state index is 13.5. The van der Waals surface area contributed by atoms with E-state index in [0.29, 0.717) is 6.54 Å². The molecule has 1 N–H and O–H groups in total. The lowest BCUT2D eigenvalue weighted by molar-refractivity contribution is 0.0511. The molecule has 0 radical (unpaired) electrons. The van der Waals surface area contributed by atoms with E-state index in [1.165, 1.54) is 17.0 Å². The van der Waals surface area contributed by atoms with Gasteiger partial charge in [0.15, 0.2) is 28.8 Å². The van der Waals surface area contributed by atoms with E-state index in [1.54, 1.807) is 6.92 Å². The Kier molecular flexibility index (Phi) is 5.48. The highest BCUT2D eigenvalue weighted by molar-refractivity contribution is 5.92. The minimum Gasteiger partial charge on any atom is -0.479 e. The standard InChI is InChI=1S/C17H18F2N2O5/c1-2-21(14-8-24-9-15(14)22)17(23)13-6-10(26-20-13)7-25-16-11(18)4-3-5-12(16)19/h3-6,14-15,22H,2,7-9H2,1H3/t14-,15-/m0/s1. The van der Waals surface area contributed by atoms with Gasteiger partial charge in [-0.1, -0.05) is 11.2 Å². The Bertz CT molecular complexity index is 762. The Labute approximate surface area is 148 Å². The van der Waals surface area contributed by atoms with Crippen LogP contribution in [0.2, 0.25) is 0 Å². The van der Waals surface area contributed by atoms with E-state index in [1.807, 2.05) is 0 Å². The summed E-state index contributed by atoms with van der Waals surface area (Å²) in [6, 6.07) is 4.25. The van der Waals surface area contributed by atoms with Crippen LogP contribution in [0.5, 0.6) is 5.75 Å². The third-order valence-electron chi connectivity index (χ3n) is 4.08. The molecule has 2 heterocycles. The number of aliphatic hydroxyl groups is 1. The number of nitrogens with zero attached hydrogens (tertiary/aromatic N) is 2. The molecule has 0 aliphatic carbocycles. The van der Waals surface area contributed by atoms with Gasteiger partial charge in [0.05, 0.1) is 25.4 Å². The van der Waals surface area contributed by atoms with E-state index >= 15 is 0 Å². The number of benzene rings is 1. The van der Waals surface area contributed by atoms with Crippen molar-refractivity contribution in [3.05, 3.63) is 47.4 Å². The third-order valence-corrected chi connectivity index (χ3v) is 4.08. The number of hydrogen-bond acceptors (Lipinski definition) is 6. The zero-order chi connectivity index (χ0) is 18.7. The molecule has 1 amide bonds. The maximum Gasteiger partial charge on any atom is 0.276 e. The summed E-state index contributed by atoms with van der Waals surface area (Å²) in [6.07, 6.45) is -0.766. The summed E-state index contributed by atoms with van der Waals surface area (Å²) in [5, 5.41) is 13.6. The summed E-state index contributed by atoms with van der Waals surface area (Å²) in [6.45, 7) is 2.23. The van der Waals surface area contributed by atoms with Crippen LogP contribution >= 0.6 is 0 Å². The van der Waals surface area contributed by atoms with E-state index in [-0.39, 0.29) is 31.3 Å². The maximum absolute atomic E-state index is 13.5. The summed E-state index contributed by atoms with van der Waals surface area (Å²) >= 11 is 0. The first kappa shape index (κ1) is 18.3. The van der Waals surface area contributed by atoms with Crippen LogP contribution in [-0.2, 0) is 11.3 Å². The van der Waals surface area contributed by atoms with Crippen molar-refractivity contribution >= 4 is 5.91 Å². The normalized spacial score (nSPS) is 19.5. The number of ether oxygens (including phenoxy) is 2. The predicted octanol–water partition coefficient (Wildman–Crippen LogP) is 1.75. The van der Waals surface area contributed by atoms with Crippen molar-refractivity contribution in [1.82, 2.24) is 10.1 Å². The first-order valence-corrected chi connectivity index (χ1v) is 8.10. The molecule has 7 nitrogen and oxygen atoms in total. The molecule has 1 aliphatic rings. The Morgan fingerprint density at radius 1 is 1.38 bits per heavy atom. The Morgan fingerprint density at radius 3 is 2.73 bits per heavy atom. The minimum absolute atomic E-state index is 0.0126. The van der Waals surface area contributed by atoms with Crippen LogP contribution in [-0.4, -0.2) is 53.0 Å². The van der Waals surface area contributed by atoms with Crippen molar-refractivity contribution in [2.45, 2.75) is 25.7 Å². The van der Waals surface area contributed by atoms with E-state index in [4.69, 9.17) is 14.0 Å². The molecule has 0 unspecified atom stereocenters. The predicted molar refractivity (Wildman–Crippen MR) is 84.5 cm³/mol. The number of hydrogen-bond donors (Lipinski definition) is 1. The van der Waals surface area contributed by atoms with Gasteiger partial charge in [0.1, 0.15) is 6.61 Å². The van der Waals surface area contributed by atoms with Crippen LogP contribution in [0, 0.1) is 11.6 Å². The quantitative estimate of drug-likeness (QED) is 0.836. The van der Waals surface area contributed by atoms with Crippen molar-refractivity contribution in [3.63, 3.8) is 0 Å². The highest BCUT2D eigenvalue weighted by atomic mass is 19.1. The Hall–Kier alpha value is -2.52. The molecule has 1 aromatic heterocycles. The van der Waals surface area contributed by atoms with Crippen LogP contribution in [0.4, 0.5) is 8.78 Å². The second-order valence-electron chi connectivity index (χ2n) is 5.78. The van der Waals surface area contributed by atoms with Gasteiger partial charge >= 0.3 is 0 Å². The number of aliphatic hydroxyl groups excluding tert-OH is 1. The van der Waals surface area contributed by atoms with Gasteiger partial charge in [0.25, 0.3) is 5.91 Å². The van der Waals surface area contributed by atoms with E-state index in [2.05, 4.69) is 5.16 Å². The SMILES string of the molecule is CCN(C(=O)c1cc(COc2c(F)cccc2F)on1)[C@H]1COC[C@@H]1O. The van der Waals surface area contributed by atoms with Crippen molar-refractivity contribution in [2.75, 3.05) is 19.8 Å². The Balaban J connectivity index is 1.68. The monoisotopic (exact) mass is 368 g/mol. The van der Waals surface area contributed by atoms with Gasteiger partial charge in [-0.15, -0.1) is 0 Å². The zero-order valence-corrected chi connectivity index (χ0v) is 14.0. The molecule has 1 aliphatic heterocycles. The second kappa shape index (κ2) is 7.79. The molecule has 26 heavy (non-hydrogen) atoms. The number of halogens is 2. The van der Waals surface area contributed by atoms with Crippen LogP contribution < -0.4 is 4.74 Å². The molecule has 1 aromatic carbocycles. The number of aromatic nitrogens is 1. The topological polar surface area (TPSA) is 85.0 Å². The highest BCUT2D eigenvalue weighted by Gasteiger charge is 2.35. The largest absolute Gasteiger partial charge is 0.479 e. The van der Waals surface area contributed by atoms with Gasteiger partial charge in [-0.3, -0.25) is 4.79 Å². The molecule has 2 aromatic rings. The summed E-state index contributed by atoms with van der Waals surface area (Å²) in [4.78, 5) is 14.0. The first-order valence-electron chi connectivity index (χ1n) is 8.10. The molecule has 140 valence electrons. The summed E-state index contributed by atoms with van der Waals surface area (Å²) in [5.74, 6) is -2.51. The number of likely N-dealkylation sites (N-methyl/N-ethyl adjacent to an activating group) is 1. The van der Waals surface area contributed by atoms with Crippen LogP contribution in [0.25, 0.3) is 0 Å². The van der Waals surface area contributed by atoms with Crippen LogP contribution in [0.1, 0.15) is 23.2 Å². The average Bonchev–Trinajstić information content (AvgIpc) is 3.25. The number of rotatable bonds is 6. The van der Waals surface area contributed by atoms with E-state index in [9.17, 15) is 18.7 Å². The summed E-state index contributed by atoms with van der Waals surface area (Å²) in [5.41, 5.74) is 0.0126. The number of carbonyl (C=O) groups is 1. The molecule has 2 atom stereocenters. The van der Waals surface area contributed by atoms with Gasteiger partial charge in [-0.2, -0.15) is 0 Å². The summed E-state index contributed by atoms with van der Waals surface area (Å²) < 4.78 is 42.3. The smallest absolute Gasteiger partial charge is 0.276 e. The lowest BCUT2D eigenvalue weighted by atomic mass is 10.1. The van der Waals surface area contributed by atoms with Crippen molar-refractivity contribution in [3.8, 4) is 5.75 Å². The van der Waals surface area contributed by atoms with Crippen LogP contribution in [0.15, 0.2) is 28.8 Å². The molecule has 9 heteroatoms. The lowest BCUT2D eigenvalue weighted by Gasteiger charge is -2.27. The molecular formula is C17H18F2N2O5.